The molecule has 4 heterocycles. The molecular weight excluding hydrogens is 401 g/mol. The van der Waals surface area contributed by atoms with Crippen LogP contribution >= 0.6 is 11.3 Å². The van der Waals surface area contributed by atoms with E-state index in [4.69, 9.17) is 10.7 Å². The molecule has 0 aliphatic heterocycles. The van der Waals surface area contributed by atoms with Gasteiger partial charge in [0.05, 0.1) is 33.9 Å². The summed E-state index contributed by atoms with van der Waals surface area (Å²) in [4.78, 5) is 14.5. The lowest BCUT2D eigenvalue weighted by molar-refractivity contribution is 0.627. The Morgan fingerprint density at radius 3 is 2.63 bits per heavy atom. The molecule has 5 aromatic rings. The number of benzene rings is 1. The van der Waals surface area contributed by atoms with Gasteiger partial charge in [0.15, 0.2) is 5.65 Å². The third-order valence-electron chi connectivity index (χ3n) is 4.55. The Morgan fingerprint density at radius 2 is 1.90 bits per heavy atom. The maximum absolute atomic E-state index is 13.3. The Bertz CT molecular complexity index is 1300. The third-order valence-corrected chi connectivity index (χ3v) is 5.43. The summed E-state index contributed by atoms with van der Waals surface area (Å²) in [6.45, 7) is 0.477. The van der Waals surface area contributed by atoms with Gasteiger partial charge in [0.2, 0.25) is 5.95 Å². The van der Waals surface area contributed by atoms with E-state index in [9.17, 15) is 4.39 Å². The number of rotatable bonds is 5. The predicted octanol–water partition coefficient (Wildman–Crippen LogP) is 4.27. The summed E-state index contributed by atoms with van der Waals surface area (Å²) in [5.41, 5.74) is 9.10. The SMILES string of the molecule is Nc1c2c(-c3cccs3)nc(NCc3ccccn3)nc2nn1-c1ccc(F)cc1. The molecule has 0 amide bonds. The molecule has 0 fully saturated rings. The van der Waals surface area contributed by atoms with Crippen molar-refractivity contribution in [1.29, 1.82) is 0 Å². The first-order valence-corrected chi connectivity index (χ1v) is 10.1. The number of nitrogens with one attached hydrogen (secondary N) is 1. The predicted molar refractivity (Wildman–Crippen MR) is 116 cm³/mol. The lowest BCUT2D eigenvalue weighted by Crippen LogP contribution is -2.05. The lowest BCUT2D eigenvalue weighted by Gasteiger charge is -2.07. The average Bonchev–Trinajstić information content (AvgIpc) is 3.42. The van der Waals surface area contributed by atoms with Crippen molar-refractivity contribution in [2.75, 3.05) is 11.1 Å². The van der Waals surface area contributed by atoms with Crippen LogP contribution in [-0.4, -0.2) is 24.7 Å². The fourth-order valence-electron chi connectivity index (χ4n) is 3.13. The normalized spacial score (nSPS) is 11.1. The molecule has 0 bridgehead atoms. The van der Waals surface area contributed by atoms with E-state index in [2.05, 4.69) is 20.4 Å². The first kappa shape index (κ1) is 18.2. The van der Waals surface area contributed by atoms with Crippen LogP contribution in [0.3, 0.4) is 0 Å². The Balaban J connectivity index is 1.62. The van der Waals surface area contributed by atoms with Crippen LogP contribution in [0.5, 0.6) is 0 Å². The molecule has 4 aromatic heterocycles. The molecule has 7 nitrogen and oxygen atoms in total. The molecule has 0 saturated heterocycles. The average molecular weight is 417 g/mol. The second kappa shape index (κ2) is 7.53. The number of fused-ring (bicyclic) bond motifs is 1. The molecule has 3 N–H and O–H groups in total. The smallest absolute Gasteiger partial charge is 0.225 e. The molecule has 5 rings (SSSR count). The second-order valence-electron chi connectivity index (χ2n) is 6.52. The summed E-state index contributed by atoms with van der Waals surface area (Å²) >= 11 is 1.56. The number of hydrogen-bond donors (Lipinski definition) is 2. The molecule has 0 atom stereocenters. The number of nitrogens with two attached hydrogens (primary N) is 1. The van der Waals surface area contributed by atoms with E-state index in [0.717, 1.165) is 10.6 Å². The standard InChI is InChI=1S/C21H16FN7S/c22-13-6-8-15(9-7-13)29-19(23)17-18(16-5-3-11-30-16)26-21(27-20(17)28-29)25-12-14-4-1-2-10-24-14/h1-11H,12,23H2,(H,25,27,28). The molecule has 1 aromatic carbocycles. The number of aromatic nitrogens is 5. The van der Waals surface area contributed by atoms with Crippen LogP contribution in [0, 0.1) is 5.82 Å². The van der Waals surface area contributed by atoms with Gasteiger partial charge in [-0.2, -0.15) is 4.98 Å². The summed E-state index contributed by atoms with van der Waals surface area (Å²) in [6.07, 6.45) is 1.74. The van der Waals surface area contributed by atoms with E-state index >= 15 is 0 Å². The van der Waals surface area contributed by atoms with Crippen LogP contribution in [0.15, 0.2) is 66.2 Å². The lowest BCUT2D eigenvalue weighted by atomic mass is 10.2. The van der Waals surface area contributed by atoms with Gasteiger partial charge in [-0.3, -0.25) is 4.98 Å². The highest BCUT2D eigenvalue weighted by Crippen LogP contribution is 2.34. The molecule has 9 heteroatoms. The van der Waals surface area contributed by atoms with Crippen molar-refractivity contribution in [2.24, 2.45) is 0 Å². The number of thiophene rings is 1. The summed E-state index contributed by atoms with van der Waals surface area (Å²) in [6, 6.07) is 15.6. The number of halogens is 1. The minimum absolute atomic E-state index is 0.325. The van der Waals surface area contributed by atoms with Gasteiger partial charge < -0.3 is 11.1 Å². The first-order valence-electron chi connectivity index (χ1n) is 9.19. The summed E-state index contributed by atoms with van der Waals surface area (Å²) in [7, 11) is 0. The molecule has 0 unspecified atom stereocenters. The quantitative estimate of drug-likeness (QED) is 0.443. The molecule has 0 radical (unpaired) electrons. The minimum atomic E-state index is -0.325. The molecule has 0 aliphatic carbocycles. The second-order valence-corrected chi connectivity index (χ2v) is 7.47. The van der Waals surface area contributed by atoms with Crippen LogP contribution in [0.25, 0.3) is 27.3 Å². The topological polar surface area (TPSA) is 94.5 Å². The van der Waals surface area contributed by atoms with Crippen LogP contribution in [-0.2, 0) is 6.54 Å². The van der Waals surface area contributed by atoms with Crippen molar-refractivity contribution >= 4 is 34.1 Å². The van der Waals surface area contributed by atoms with Crippen molar-refractivity contribution in [1.82, 2.24) is 24.7 Å². The van der Waals surface area contributed by atoms with Crippen molar-refractivity contribution in [3.05, 3.63) is 77.7 Å². The fourth-order valence-corrected chi connectivity index (χ4v) is 3.85. The number of hydrogen-bond acceptors (Lipinski definition) is 7. The molecule has 148 valence electrons. The monoisotopic (exact) mass is 417 g/mol. The Kier molecular flexibility index (Phi) is 4.56. The maximum atomic E-state index is 13.3. The fraction of sp³-hybridized carbons (Fsp3) is 0.0476. The molecule has 0 aliphatic rings. The van der Waals surface area contributed by atoms with Gasteiger partial charge in [-0.1, -0.05) is 12.1 Å². The van der Waals surface area contributed by atoms with Gasteiger partial charge in [0.1, 0.15) is 11.6 Å². The highest BCUT2D eigenvalue weighted by molar-refractivity contribution is 7.13. The van der Waals surface area contributed by atoms with Crippen LogP contribution < -0.4 is 11.1 Å². The van der Waals surface area contributed by atoms with Crippen LogP contribution in [0.2, 0.25) is 0 Å². The highest BCUT2D eigenvalue weighted by Gasteiger charge is 2.19. The van der Waals surface area contributed by atoms with E-state index in [0.29, 0.717) is 40.7 Å². The van der Waals surface area contributed by atoms with Gasteiger partial charge >= 0.3 is 0 Å². The first-order chi connectivity index (χ1) is 14.7. The Morgan fingerprint density at radius 1 is 1.03 bits per heavy atom. The summed E-state index contributed by atoms with van der Waals surface area (Å²) < 4.78 is 14.9. The van der Waals surface area contributed by atoms with Gasteiger partial charge in [0, 0.05) is 6.20 Å². The minimum Gasteiger partial charge on any atom is -0.383 e. The van der Waals surface area contributed by atoms with Gasteiger partial charge in [-0.05, 0) is 47.8 Å². The summed E-state index contributed by atoms with van der Waals surface area (Å²) in [5, 5.41) is 10.4. The number of nitrogen functional groups attached to an aromatic ring is 1. The van der Waals surface area contributed by atoms with Gasteiger partial charge in [-0.15, -0.1) is 16.4 Å². The number of nitrogens with zero attached hydrogens (tertiary/aromatic N) is 5. The van der Waals surface area contributed by atoms with Crippen molar-refractivity contribution in [2.45, 2.75) is 6.54 Å². The molecule has 0 saturated carbocycles. The van der Waals surface area contributed by atoms with E-state index < -0.39 is 0 Å². The van der Waals surface area contributed by atoms with E-state index in [1.54, 1.807) is 34.3 Å². The van der Waals surface area contributed by atoms with Crippen LogP contribution in [0.1, 0.15) is 5.69 Å². The maximum Gasteiger partial charge on any atom is 0.225 e. The van der Waals surface area contributed by atoms with Crippen molar-refractivity contribution in [3.8, 4) is 16.3 Å². The van der Waals surface area contributed by atoms with Crippen LogP contribution in [0.4, 0.5) is 16.2 Å². The zero-order chi connectivity index (χ0) is 20.5. The zero-order valence-electron chi connectivity index (χ0n) is 15.7. The largest absolute Gasteiger partial charge is 0.383 e. The molecule has 0 spiro atoms. The third kappa shape index (κ3) is 3.35. The van der Waals surface area contributed by atoms with E-state index in [1.807, 2.05) is 35.7 Å². The number of anilines is 2. The Hall–Kier alpha value is -3.85. The number of pyridine rings is 1. The molecule has 30 heavy (non-hydrogen) atoms. The van der Waals surface area contributed by atoms with Gasteiger partial charge in [0.25, 0.3) is 0 Å². The zero-order valence-corrected chi connectivity index (χ0v) is 16.5. The highest BCUT2D eigenvalue weighted by atomic mass is 32.1. The van der Waals surface area contributed by atoms with Crippen molar-refractivity contribution in [3.63, 3.8) is 0 Å². The van der Waals surface area contributed by atoms with E-state index in [1.165, 1.54) is 12.1 Å². The Labute approximate surface area is 175 Å². The van der Waals surface area contributed by atoms with Gasteiger partial charge in [-0.25, -0.2) is 14.1 Å². The van der Waals surface area contributed by atoms with E-state index in [-0.39, 0.29) is 5.82 Å². The molecular formula is C21H16FN7S. The summed E-state index contributed by atoms with van der Waals surface area (Å²) in [5.74, 6) is 0.505. The van der Waals surface area contributed by atoms with Crippen molar-refractivity contribution < 1.29 is 4.39 Å².